The molecule has 0 atom stereocenters. The average Bonchev–Trinajstić information content (AvgIpc) is 2.40. The van der Waals surface area contributed by atoms with E-state index in [-0.39, 0.29) is 17.1 Å². The van der Waals surface area contributed by atoms with Gasteiger partial charge in [-0.1, -0.05) is 6.92 Å². The first-order chi connectivity index (χ1) is 9.32. The molecule has 0 fully saturated rings. The number of nitrogens with zero attached hydrogens (tertiary/aromatic N) is 1. The van der Waals surface area contributed by atoms with Crippen LogP contribution in [0.2, 0.25) is 0 Å². The van der Waals surface area contributed by atoms with Gasteiger partial charge in [0.1, 0.15) is 17.3 Å². The van der Waals surface area contributed by atoms with Gasteiger partial charge in [0.15, 0.2) is 0 Å². The molecule has 0 spiro atoms. The normalized spacial score (nSPS) is 11.6. The van der Waals surface area contributed by atoms with Crippen molar-refractivity contribution in [1.82, 2.24) is 4.31 Å². The molecule has 0 amide bonds. The summed E-state index contributed by atoms with van der Waals surface area (Å²) in [5, 5.41) is 0. The molecule has 1 rings (SSSR count). The van der Waals surface area contributed by atoms with E-state index >= 15 is 0 Å². The molecule has 0 bridgehead atoms. The molecule has 0 saturated heterocycles. The minimum Gasteiger partial charge on any atom is -0.468 e. The third-order valence-electron chi connectivity index (χ3n) is 2.60. The van der Waals surface area contributed by atoms with Crippen molar-refractivity contribution in [3.05, 3.63) is 24.0 Å². The van der Waals surface area contributed by atoms with Gasteiger partial charge in [0.2, 0.25) is 10.0 Å². The molecule has 8 heteroatoms. The molecule has 112 valence electrons. The van der Waals surface area contributed by atoms with Crippen LogP contribution in [0.1, 0.15) is 13.3 Å². The number of rotatable bonds is 6. The van der Waals surface area contributed by atoms with E-state index < -0.39 is 28.4 Å². The van der Waals surface area contributed by atoms with Gasteiger partial charge in [0, 0.05) is 6.54 Å². The Balaban J connectivity index is 3.22. The third kappa shape index (κ3) is 3.67. The van der Waals surface area contributed by atoms with Gasteiger partial charge in [-0.25, -0.2) is 12.8 Å². The van der Waals surface area contributed by atoms with Crippen LogP contribution in [0, 0.1) is 5.82 Å². The summed E-state index contributed by atoms with van der Waals surface area (Å²) in [6, 6.07) is 3.08. The lowest BCUT2D eigenvalue weighted by atomic mass is 10.3. The first-order valence-corrected chi connectivity index (χ1v) is 7.39. The predicted octanol–water partition coefficient (Wildman–Crippen LogP) is 0.982. The maximum atomic E-state index is 13.2. The van der Waals surface area contributed by atoms with Crippen LogP contribution < -0.4 is 5.73 Å². The molecule has 0 saturated carbocycles. The summed E-state index contributed by atoms with van der Waals surface area (Å²) in [4.78, 5) is 10.9. The Morgan fingerprint density at radius 2 is 2.10 bits per heavy atom. The molecule has 0 aliphatic rings. The third-order valence-corrected chi connectivity index (χ3v) is 4.50. The van der Waals surface area contributed by atoms with Crippen molar-refractivity contribution in [2.24, 2.45) is 0 Å². The number of hydrogen-bond donors (Lipinski definition) is 1. The molecule has 0 aliphatic heterocycles. The van der Waals surface area contributed by atoms with Crippen molar-refractivity contribution in [3.8, 4) is 0 Å². The number of ether oxygens (including phenoxy) is 1. The smallest absolute Gasteiger partial charge is 0.321 e. The highest BCUT2D eigenvalue weighted by Gasteiger charge is 2.28. The summed E-state index contributed by atoms with van der Waals surface area (Å²) in [7, 11) is -2.89. The van der Waals surface area contributed by atoms with E-state index in [0.29, 0.717) is 6.42 Å². The topological polar surface area (TPSA) is 89.7 Å². The van der Waals surface area contributed by atoms with Crippen molar-refractivity contribution in [3.63, 3.8) is 0 Å². The summed E-state index contributed by atoms with van der Waals surface area (Å²) in [5.41, 5.74) is 5.51. The van der Waals surface area contributed by atoms with Gasteiger partial charge >= 0.3 is 5.97 Å². The van der Waals surface area contributed by atoms with E-state index in [0.717, 1.165) is 23.5 Å². The number of nitrogen functional groups attached to an aromatic ring is 1. The fourth-order valence-electron chi connectivity index (χ4n) is 1.61. The number of halogens is 1. The molecule has 2 N–H and O–H groups in total. The first-order valence-electron chi connectivity index (χ1n) is 5.95. The second kappa shape index (κ2) is 6.67. The lowest BCUT2D eigenvalue weighted by molar-refractivity contribution is -0.140. The second-order valence-corrected chi connectivity index (χ2v) is 6.00. The minimum atomic E-state index is -4.05. The van der Waals surface area contributed by atoms with Crippen LogP contribution in [0.25, 0.3) is 0 Å². The zero-order chi connectivity index (χ0) is 15.3. The van der Waals surface area contributed by atoms with E-state index in [9.17, 15) is 17.6 Å². The molecule has 0 heterocycles. The lowest BCUT2D eigenvalue weighted by Gasteiger charge is -2.21. The number of carbonyl (C=O) groups excluding carboxylic acids is 1. The molecule has 6 nitrogen and oxygen atoms in total. The van der Waals surface area contributed by atoms with Crippen LogP contribution >= 0.6 is 0 Å². The maximum Gasteiger partial charge on any atom is 0.321 e. The van der Waals surface area contributed by atoms with Crippen molar-refractivity contribution >= 4 is 21.7 Å². The highest BCUT2D eigenvalue weighted by atomic mass is 32.2. The summed E-state index contributed by atoms with van der Waals surface area (Å²) >= 11 is 0. The van der Waals surface area contributed by atoms with Crippen LogP contribution in [-0.2, 0) is 19.6 Å². The van der Waals surface area contributed by atoms with Gasteiger partial charge in [0.05, 0.1) is 12.8 Å². The van der Waals surface area contributed by atoms with Gasteiger partial charge in [-0.05, 0) is 24.6 Å². The summed E-state index contributed by atoms with van der Waals surface area (Å²) in [5.74, 6) is -1.41. The molecule has 0 aliphatic carbocycles. The van der Waals surface area contributed by atoms with Gasteiger partial charge in [0.25, 0.3) is 0 Å². The fraction of sp³-hybridized carbons (Fsp3) is 0.417. The molecular weight excluding hydrogens is 287 g/mol. The molecule has 1 aromatic rings. The highest BCUT2D eigenvalue weighted by molar-refractivity contribution is 7.89. The zero-order valence-corrected chi connectivity index (χ0v) is 12.1. The van der Waals surface area contributed by atoms with Crippen LogP contribution in [0.4, 0.5) is 10.1 Å². The molecule has 0 unspecified atom stereocenters. The van der Waals surface area contributed by atoms with Crippen LogP contribution in [-0.4, -0.2) is 38.9 Å². The number of sulfonamides is 1. The summed E-state index contributed by atoms with van der Waals surface area (Å²) in [6.07, 6.45) is 0.492. The summed E-state index contributed by atoms with van der Waals surface area (Å²) in [6.45, 7) is 1.42. The average molecular weight is 304 g/mol. The van der Waals surface area contributed by atoms with Crippen molar-refractivity contribution < 1.29 is 22.3 Å². The van der Waals surface area contributed by atoms with Gasteiger partial charge in [-0.15, -0.1) is 0 Å². The number of esters is 1. The Hall–Kier alpha value is -1.67. The van der Waals surface area contributed by atoms with Crippen LogP contribution in [0.5, 0.6) is 0 Å². The van der Waals surface area contributed by atoms with E-state index in [1.54, 1.807) is 6.92 Å². The Kier molecular flexibility index (Phi) is 5.46. The lowest BCUT2D eigenvalue weighted by Crippen LogP contribution is -2.37. The quantitative estimate of drug-likeness (QED) is 0.625. The molecular formula is C12H17FN2O4S. The molecule has 1 aromatic carbocycles. The van der Waals surface area contributed by atoms with E-state index in [1.165, 1.54) is 6.07 Å². The van der Waals surface area contributed by atoms with Gasteiger partial charge in [-0.2, -0.15) is 4.31 Å². The van der Waals surface area contributed by atoms with Crippen LogP contribution in [0.3, 0.4) is 0 Å². The number of carbonyl (C=O) groups is 1. The number of anilines is 1. The Morgan fingerprint density at radius 3 is 2.65 bits per heavy atom. The predicted molar refractivity (Wildman–Crippen MR) is 71.9 cm³/mol. The molecule has 20 heavy (non-hydrogen) atoms. The standard InChI is InChI=1S/C12H17FN2O4S/c1-3-6-15(8-12(16)19-2)20(17,18)11-7-9(13)4-5-10(11)14/h4-5,7H,3,6,8,14H2,1-2H3. The fourth-order valence-corrected chi connectivity index (χ4v) is 3.22. The SMILES string of the molecule is CCCN(CC(=O)OC)S(=O)(=O)c1cc(F)ccc1N. The monoisotopic (exact) mass is 304 g/mol. The van der Waals surface area contributed by atoms with E-state index in [2.05, 4.69) is 4.74 Å². The van der Waals surface area contributed by atoms with Crippen molar-refractivity contribution in [2.75, 3.05) is 25.9 Å². The number of nitrogens with two attached hydrogens (primary N) is 1. The largest absolute Gasteiger partial charge is 0.468 e. The van der Waals surface area contributed by atoms with Crippen LogP contribution in [0.15, 0.2) is 23.1 Å². The van der Waals surface area contributed by atoms with E-state index in [1.807, 2.05) is 0 Å². The molecule has 0 aromatic heterocycles. The number of hydrogen-bond acceptors (Lipinski definition) is 5. The minimum absolute atomic E-state index is 0.0719. The Morgan fingerprint density at radius 1 is 1.45 bits per heavy atom. The van der Waals surface area contributed by atoms with Crippen molar-refractivity contribution in [1.29, 1.82) is 0 Å². The Labute approximate surface area is 117 Å². The Bertz CT molecular complexity index is 589. The first kappa shape index (κ1) is 16.4. The summed E-state index contributed by atoms with van der Waals surface area (Å²) < 4.78 is 43.4. The van der Waals surface area contributed by atoms with E-state index in [4.69, 9.17) is 5.73 Å². The van der Waals surface area contributed by atoms with Gasteiger partial charge < -0.3 is 10.5 Å². The second-order valence-electron chi connectivity index (χ2n) is 4.10. The van der Waals surface area contributed by atoms with Gasteiger partial charge in [-0.3, -0.25) is 4.79 Å². The van der Waals surface area contributed by atoms with Crippen molar-refractivity contribution in [2.45, 2.75) is 18.2 Å². The maximum absolute atomic E-state index is 13.2. The zero-order valence-electron chi connectivity index (χ0n) is 11.3. The number of methoxy groups -OCH3 is 1. The number of benzene rings is 1. The molecule has 0 radical (unpaired) electrons. The highest BCUT2D eigenvalue weighted by Crippen LogP contribution is 2.23.